The molecule has 0 aromatic heterocycles. The summed E-state index contributed by atoms with van der Waals surface area (Å²) in [5, 5.41) is 3.65. The van der Waals surface area contributed by atoms with E-state index in [4.69, 9.17) is 16.3 Å². The molecule has 0 saturated carbocycles. The lowest BCUT2D eigenvalue weighted by Gasteiger charge is -2.31. The smallest absolute Gasteiger partial charge is 0.242 e. The lowest BCUT2D eigenvalue weighted by molar-refractivity contribution is -0.139. The molecule has 31 heavy (non-hydrogen) atoms. The van der Waals surface area contributed by atoms with Crippen LogP contribution in [-0.4, -0.2) is 41.2 Å². The van der Waals surface area contributed by atoms with Gasteiger partial charge in [0.2, 0.25) is 11.8 Å². The number of carbonyl (C=O) groups excluding carboxylic acids is 2. The molecule has 1 atom stereocenters. The van der Waals surface area contributed by atoms with Gasteiger partial charge in [0.1, 0.15) is 11.8 Å². The minimum atomic E-state index is -0.597. The maximum Gasteiger partial charge on any atom is 0.242 e. The highest BCUT2D eigenvalue weighted by Crippen LogP contribution is 2.19. The first kappa shape index (κ1) is 25.1. The molecule has 0 radical (unpaired) electrons. The van der Waals surface area contributed by atoms with Crippen LogP contribution in [0.1, 0.15) is 38.8 Å². The number of halogens is 1. The number of nitrogens with one attached hydrogen (secondary N) is 1. The maximum atomic E-state index is 13.1. The first-order chi connectivity index (χ1) is 14.6. The molecule has 168 valence electrons. The molecule has 7 heteroatoms. The molecule has 0 aliphatic rings. The first-order valence-corrected chi connectivity index (χ1v) is 11.7. The second-order valence-electron chi connectivity index (χ2n) is 8.41. The second kappa shape index (κ2) is 11.4. The fourth-order valence-corrected chi connectivity index (χ4v) is 4.02. The Balaban J connectivity index is 2.10. The Hall–Kier alpha value is -2.18. The van der Waals surface area contributed by atoms with E-state index in [9.17, 15) is 9.59 Å². The van der Waals surface area contributed by atoms with Crippen LogP contribution in [0.5, 0.6) is 5.75 Å². The van der Waals surface area contributed by atoms with Crippen molar-refractivity contribution in [1.82, 2.24) is 10.2 Å². The first-order valence-electron chi connectivity index (χ1n) is 10.2. The summed E-state index contributed by atoms with van der Waals surface area (Å²) in [5.74, 6) is 1.44. The van der Waals surface area contributed by atoms with E-state index in [1.165, 1.54) is 11.8 Å². The van der Waals surface area contributed by atoms with Crippen LogP contribution in [0.25, 0.3) is 0 Å². The third-order valence-corrected chi connectivity index (χ3v) is 5.78. The van der Waals surface area contributed by atoms with Gasteiger partial charge in [-0.1, -0.05) is 35.9 Å². The molecular formula is C24H31ClN2O3S. The van der Waals surface area contributed by atoms with Gasteiger partial charge in [0.25, 0.3) is 0 Å². The molecule has 0 bridgehead atoms. The Morgan fingerprint density at radius 3 is 2.39 bits per heavy atom. The van der Waals surface area contributed by atoms with E-state index in [0.29, 0.717) is 17.3 Å². The van der Waals surface area contributed by atoms with Crippen LogP contribution in [-0.2, 0) is 21.9 Å². The summed E-state index contributed by atoms with van der Waals surface area (Å²) in [6.07, 6.45) is 0. The third-order valence-electron chi connectivity index (χ3n) is 4.56. The molecule has 2 rings (SSSR count). The number of thioether (sulfide) groups is 1. The van der Waals surface area contributed by atoms with E-state index in [1.807, 2.05) is 69.3 Å². The van der Waals surface area contributed by atoms with E-state index < -0.39 is 6.04 Å². The van der Waals surface area contributed by atoms with E-state index in [1.54, 1.807) is 18.9 Å². The molecule has 2 amide bonds. The van der Waals surface area contributed by atoms with Crippen LogP contribution in [0.2, 0.25) is 5.02 Å². The van der Waals surface area contributed by atoms with E-state index in [-0.39, 0.29) is 23.1 Å². The van der Waals surface area contributed by atoms with Crippen molar-refractivity contribution in [2.75, 3.05) is 12.9 Å². The number of carbonyl (C=O) groups is 2. The van der Waals surface area contributed by atoms with Gasteiger partial charge in [0.05, 0.1) is 12.9 Å². The van der Waals surface area contributed by atoms with Crippen molar-refractivity contribution in [1.29, 1.82) is 0 Å². The van der Waals surface area contributed by atoms with Gasteiger partial charge in [0, 0.05) is 22.9 Å². The van der Waals surface area contributed by atoms with Gasteiger partial charge in [-0.25, -0.2) is 0 Å². The SMILES string of the molecule is COc1ccc(CN(C(=O)CSCc2cccc(Cl)c2)C(C)C(=O)NC(C)(C)C)cc1. The molecule has 2 aromatic rings. The zero-order valence-corrected chi connectivity index (χ0v) is 20.3. The predicted octanol–water partition coefficient (Wildman–Crippen LogP) is 4.91. The predicted molar refractivity (Wildman–Crippen MR) is 129 cm³/mol. The van der Waals surface area contributed by atoms with Crippen molar-refractivity contribution in [3.63, 3.8) is 0 Å². The molecule has 5 nitrogen and oxygen atoms in total. The molecule has 0 heterocycles. The van der Waals surface area contributed by atoms with Crippen LogP contribution in [0.3, 0.4) is 0 Å². The number of amides is 2. The third kappa shape index (κ3) is 8.46. The zero-order chi connectivity index (χ0) is 23.0. The average molecular weight is 463 g/mol. The fourth-order valence-electron chi connectivity index (χ4n) is 2.95. The molecule has 2 aromatic carbocycles. The number of hydrogen-bond acceptors (Lipinski definition) is 4. The fraction of sp³-hybridized carbons (Fsp3) is 0.417. The molecule has 0 aliphatic heterocycles. The van der Waals surface area contributed by atoms with Crippen LogP contribution < -0.4 is 10.1 Å². The van der Waals surface area contributed by atoms with Gasteiger partial charge in [-0.15, -0.1) is 11.8 Å². The highest BCUT2D eigenvalue weighted by molar-refractivity contribution is 7.99. The monoisotopic (exact) mass is 462 g/mol. The molecule has 0 fully saturated rings. The minimum Gasteiger partial charge on any atom is -0.497 e. The van der Waals surface area contributed by atoms with Crippen molar-refractivity contribution in [2.45, 2.75) is 51.6 Å². The molecule has 1 N–H and O–H groups in total. The van der Waals surface area contributed by atoms with Crippen molar-refractivity contribution >= 4 is 35.2 Å². The molecule has 1 unspecified atom stereocenters. The normalized spacial score (nSPS) is 12.2. The Bertz CT molecular complexity index is 881. The summed E-state index contributed by atoms with van der Waals surface area (Å²) in [4.78, 5) is 27.5. The number of hydrogen-bond donors (Lipinski definition) is 1. The summed E-state index contributed by atoms with van der Waals surface area (Å²) in [6, 6.07) is 14.5. The van der Waals surface area contributed by atoms with Crippen molar-refractivity contribution in [3.8, 4) is 5.75 Å². The van der Waals surface area contributed by atoms with Gasteiger partial charge >= 0.3 is 0 Å². The average Bonchev–Trinajstić information content (AvgIpc) is 2.70. The quantitative estimate of drug-likeness (QED) is 0.575. The van der Waals surface area contributed by atoms with Gasteiger partial charge in [-0.3, -0.25) is 9.59 Å². The van der Waals surface area contributed by atoms with Gasteiger partial charge in [-0.2, -0.15) is 0 Å². The lowest BCUT2D eigenvalue weighted by atomic mass is 10.1. The van der Waals surface area contributed by atoms with Gasteiger partial charge in [-0.05, 0) is 63.1 Å². The Kier molecular flexibility index (Phi) is 9.26. The molecular weight excluding hydrogens is 432 g/mol. The number of nitrogens with zero attached hydrogens (tertiary/aromatic N) is 1. The standard InChI is InChI=1S/C24H31ClN2O3S/c1-17(23(29)26-24(2,3)4)27(14-18-9-11-21(30-5)12-10-18)22(28)16-31-15-19-7-6-8-20(25)13-19/h6-13,17H,14-16H2,1-5H3,(H,26,29). The van der Waals surface area contributed by atoms with E-state index >= 15 is 0 Å². The summed E-state index contributed by atoms with van der Waals surface area (Å²) in [7, 11) is 1.61. The van der Waals surface area contributed by atoms with Crippen LogP contribution in [0.4, 0.5) is 0 Å². The van der Waals surface area contributed by atoms with Gasteiger partial charge in [0.15, 0.2) is 0 Å². The van der Waals surface area contributed by atoms with E-state index in [0.717, 1.165) is 16.9 Å². The molecule has 0 spiro atoms. The summed E-state index contributed by atoms with van der Waals surface area (Å²) in [5.41, 5.74) is 1.62. The lowest BCUT2D eigenvalue weighted by Crippen LogP contribution is -2.52. The van der Waals surface area contributed by atoms with Crippen LogP contribution in [0.15, 0.2) is 48.5 Å². The van der Waals surface area contributed by atoms with Crippen molar-refractivity contribution < 1.29 is 14.3 Å². The Morgan fingerprint density at radius 2 is 1.81 bits per heavy atom. The van der Waals surface area contributed by atoms with E-state index in [2.05, 4.69) is 5.32 Å². The zero-order valence-electron chi connectivity index (χ0n) is 18.8. The molecule has 0 aliphatic carbocycles. The highest BCUT2D eigenvalue weighted by atomic mass is 35.5. The Labute approximate surface area is 194 Å². The number of methoxy groups -OCH3 is 1. The number of benzene rings is 2. The van der Waals surface area contributed by atoms with Crippen molar-refractivity contribution in [3.05, 3.63) is 64.7 Å². The molecule has 0 saturated heterocycles. The number of ether oxygens (including phenoxy) is 1. The topological polar surface area (TPSA) is 58.6 Å². The summed E-state index contributed by atoms with van der Waals surface area (Å²) in [6.45, 7) is 7.89. The largest absolute Gasteiger partial charge is 0.497 e. The summed E-state index contributed by atoms with van der Waals surface area (Å²) < 4.78 is 5.21. The second-order valence-corrected chi connectivity index (χ2v) is 9.83. The summed E-state index contributed by atoms with van der Waals surface area (Å²) >= 11 is 7.55. The van der Waals surface area contributed by atoms with Gasteiger partial charge < -0.3 is 15.0 Å². The highest BCUT2D eigenvalue weighted by Gasteiger charge is 2.28. The maximum absolute atomic E-state index is 13.1. The Morgan fingerprint density at radius 1 is 1.13 bits per heavy atom. The van der Waals surface area contributed by atoms with Crippen LogP contribution >= 0.6 is 23.4 Å². The van der Waals surface area contributed by atoms with Crippen LogP contribution in [0, 0.1) is 0 Å². The minimum absolute atomic E-state index is 0.0839. The van der Waals surface area contributed by atoms with Crippen molar-refractivity contribution in [2.24, 2.45) is 0 Å². The number of rotatable bonds is 9.